The first-order valence-electron chi connectivity index (χ1n) is 11.1. The fraction of sp³-hybridized carbons (Fsp3) is 0.360. The smallest absolute Gasteiger partial charge is 0.325 e. The monoisotopic (exact) mass is 508 g/mol. The molecular formula is C25H25ClF4N4O. The van der Waals surface area contributed by atoms with Gasteiger partial charge >= 0.3 is 6.18 Å². The highest BCUT2D eigenvalue weighted by atomic mass is 35.5. The number of benzene rings is 2. The second-order valence-corrected chi connectivity index (χ2v) is 10.0. The second kappa shape index (κ2) is 9.28. The first-order chi connectivity index (χ1) is 16.3. The van der Waals surface area contributed by atoms with Crippen LogP contribution in [0.25, 0.3) is 0 Å². The number of carbonyl (C=O) groups is 1. The van der Waals surface area contributed by atoms with Gasteiger partial charge in [-0.3, -0.25) is 14.8 Å². The maximum absolute atomic E-state index is 14.2. The van der Waals surface area contributed by atoms with Gasteiger partial charge < -0.3 is 5.32 Å². The van der Waals surface area contributed by atoms with Crippen LogP contribution in [-0.4, -0.2) is 21.7 Å². The van der Waals surface area contributed by atoms with E-state index in [4.69, 9.17) is 16.7 Å². The number of nitrogens with zero attached hydrogens (tertiary/aromatic N) is 2. The number of rotatable bonds is 4. The lowest BCUT2D eigenvalue weighted by Gasteiger charge is -2.21. The molecule has 1 aliphatic rings. The SMILES string of the molecule is CC(C)(C)n1ccc([C@H]2C[C@@H](C(=O)Nc3ccc(C(F)(F)F)cc3)N[C@H]2c2ccc(Cl)c(F)c2)n1. The van der Waals surface area contributed by atoms with Crippen molar-refractivity contribution in [3.63, 3.8) is 0 Å². The molecule has 35 heavy (non-hydrogen) atoms. The Morgan fingerprint density at radius 3 is 2.37 bits per heavy atom. The molecule has 3 atom stereocenters. The van der Waals surface area contributed by atoms with Crippen LogP contribution in [0.15, 0.2) is 54.7 Å². The molecule has 4 rings (SSSR count). The van der Waals surface area contributed by atoms with E-state index in [0.717, 1.165) is 17.8 Å². The molecule has 186 valence electrons. The van der Waals surface area contributed by atoms with Crippen molar-refractivity contribution in [1.82, 2.24) is 15.1 Å². The molecule has 0 spiro atoms. The third-order valence-corrected chi connectivity index (χ3v) is 6.36. The van der Waals surface area contributed by atoms with Gasteiger partial charge in [0.2, 0.25) is 5.91 Å². The van der Waals surface area contributed by atoms with Crippen molar-refractivity contribution in [3.05, 3.63) is 82.4 Å². The van der Waals surface area contributed by atoms with E-state index in [-0.39, 0.29) is 22.2 Å². The molecule has 1 fully saturated rings. The second-order valence-electron chi connectivity index (χ2n) is 9.63. The van der Waals surface area contributed by atoms with Crippen molar-refractivity contribution in [3.8, 4) is 0 Å². The zero-order chi connectivity index (χ0) is 25.5. The molecule has 10 heteroatoms. The van der Waals surface area contributed by atoms with Gasteiger partial charge in [-0.05, 0) is 75.2 Å². The Bertz CT molecular complexity index is 1220. The predicted molar refractivity (Wildman–Crippen MR) is 126 cm³/mol. The van der Waals surface area contributed by atoms with Crippen molar-refractivity contribution in [2.24, 2.45) is 0 Å². The van der Waals surface area contributed by atoms with E-state index < -0.39 is 35.5 Å². The lowest BCUT2D eigenvalue weighted by Crippen LogP contribution is -2.36. The van der Waals surface area contributed by atoms with E-state index in [1.165, 1.54) is 24.3 Å². The van der Waals surface area contributed by atoms with E-state index in [0.29, 0.717) is 12.0 Å². The average molecular weight is 509 g/mol. The third kappa shape index (κ3) is 5.51. The fourth-order valence-electron chi connectivity index (χ4n) is 4.18. The van der Waals surface area contributed by atoms with Crippen LogP contribution in [0.2, 0.25) is 5.02 Å². The maximum Gasteiger partial charge on any atom is 0.416 e. The van der Waals surface area contributed by atoms with Gasteiger partial charge in [-0.25, -0.2) is 4.39 Å². The molecule has 5 nitrogen and oxygen atoms in total. The number of nitrogens with one attached hydrogen (secondary N) is 2. The number of alkyl halides is 3. The number of amides is 1. The van der Waals surface area contributed by atoms with Gasteiger partial charge in [-0.15, -0.1) is 0 Å². The van der Waals surface area contributed by atoms with E-state index in [1.54, 1.807) is 6.07 Å². The number of carbonyl (C=O) groups excluding carboxylic acids is 1. The molecule has 0 radical (unpaired) electrons. The summed E-state index contributed by atoms with van der Waals surface area (Å²) in [5, 5.41) is 10.6. The lowest BCUT2D eigenvalue weighted by molar-refractivity contribution is -0.137. The largest absolute Gasteiger partial charge is 0.416 e. The van der Waals surface area contributed by atoms with E-state index in [2.05, 4.69) is 10.6 Å². The minimum Gasteiger partial charge on any atom is -0.325 e. The number of halogens is 5. The van der Waals surface area contributed by atoms with E-state index >= 15 is 0 Å². The molecule has 0 unspecified atom stereocenters. The van der Waals surface area contributed by atoms with Crippen molar-refractivity contribution in [1.29, 1.82) is 0 Å². The minimum atomic E-state index is -4.46. The summed E-state index contributed by atoms with van der Waals surface area (Å²) in [5.74, 6) is -1.22. The third-order valence-electron chi connectivity index (χ3n) is 6.05. The Hall–Kier alpha value is -2.91. The highest BCUT2D eigenvalue weighted by Gasteiger charge is 2.40. The van der Waals surface area contributed by atoms with Gasteiger partial charge in [0.1, 0.15) is 5.82 Å². The summed E-state index contributed by atoms with van der Waals surface area (Å²) in [4.78, 5) is 13.0. The summed E-state index contributed by atoms with van der Waals surface area (Å²) in [5.41, 5.74) is 0.573. The lowest BCUT2D eigenvalue weighted by atomic mass is 9.90. The molecule has 0 aliphatic carbocycles. The minimum absolute atomic E-state index is 0.00287. The van der Waals surface area contributed by atoms with Gasteiger partial charge in [0.25, 0.3) is 0 Å². The average Bonchev–Trinajstić information content (AvgIpc) is 3.43. The van der Waals surface area contributed by atoms with Crippen LogP contribution in [0.4, 0.5) is 23.2 Å². The van der Waals surface area contributed by atoms with Gasteiger partial charge in [0.05, 0.1) is 27.9 Å². The summed E-state index contributed by atoms with van der Waals surface area (Å²) < 4.78 is 54.5. The maximum atomic E-state index is 14.2. The first-order valence-corrected chi connectivity index (χ1v) is 11.5. The van der Waals surface area contributed by atoms with Crippen molar-refractivity contribution < 1.29 is 22.4 Å². The number of hydrogen-bond donors (Lipinski definition) is 2. The van der Waals surface area contributed by atoms with E-state index in [9.17, 15) is 22.4 Å². The summed E-state index contributed by atoms with van der Waals surface area (Å²) in [6.07, 6.45) is -2.23. The molecule has 2 heterocycles. The van der Waals surface area contributed by atoms with Crippen LogP contribution in [0.5, 0.6) is 0 Å². The Balaban J connectivity index is 1.59. The van der Waals surface area contributed by atoms with Crippen LogP contribution in [0, 0.1) is 5.82 Å². The van der Waals surface area contributed by atoms with Crippen LogP contribution in [0.1, 0.15) is 56.0 Å². The summed E-state index contributed by atoms with van der Waals surface area (Å²) in [6, 6.07) is 9.55. The Kier molecular flexibility index (Phi) is 6.68. The van der Waals surface area contributed by atoms with Crippen molar-refractivity contribution >= 4 is 23.2 Å². The summed E-state index contributed by atoms with van der Waals surface area (Å²) >= 11 is 5.86. The quantitative estimate of drug-likeness (QED) is 0.408. The standard InChI is InChI=1S/C25H25ClF4N4O/c1-24(2,3)34-11-10-20(33-34)17-13-21(32-22(17)14-4-9-18(26)19(27)12-14)23(35)31-16-7-5-15(6-8-16)25(28,29)30/h4-12,17,21-22,32H,13H2,1-3H3,(H,31,35)/t17-,21+,22+/m1/s1. The van der Waals surface area contributed by atoms with Crippen LogP contribution < -0.4 is 10.6 Å². The molecule has 0 saturated carbocycles. The molecular weight excluding hydrogens is 484 g/mol. The van der Waals surface area contributed by atoms with Crippen molar-refractivity contribution in [2.45, 2.75) is 56.9 Å². The zero-order valence-electron chi connectivity index (χ0n) is 19.3. The topological polar surface area (TPSA) is 59.0 Å². The predicted octanol–water partition coefficient (Wildman–Crippen LogP) is 6.27. The Labute approximate surface area is 205 Å². The Morgan fingerprint density at radius 2 is 1.80 bits per heavy atom. The molecule has 1 aromatic heterocycles. The highest BCUT2D eigenvalue weighted by Crippen LogP contribution is 2.41. The molecule has 0 bridgehead atoms. The van der Waals surface area contributed by atoms with Gasteiger partial charge in [0.15, 0.2) is 0 Å². The van der Waals surface area contributed by atoms with E-state index in [1.807, 2.05) is 37.7 Å². The number of anilines is 1. The molecule has 2 N–H and O–H groups in total. The molecule has 1 saturated heterocycles. The molecule has 2 aromatic carbocycles. The first kappa shape index (κ1) is 25.2. The Morgan fingerprint density at radius 1 is 1.11 bits per heavy atom. The normalized spacial score (nSPS) is 20.7. The highest BCUT2D eigenvalue weighted by molar-refractivity contribution is 6.30. The van der Waals surface area contributed by atoms with Crippen LogP contribution >= 0.6 is 11.6 Å². The fourth-order valence-corrected chi connectivity index (χ4v) is 4.30. The van der Waals surface area contributed by atoms with Crippen LogP contribution in [-0.2, 0) is 16.5 Å². The zero-order valence-corrected chi connectivity index (χ0v) is 20.1. The van der Waals surface area contributed by atoms with Gasteiger partial charge in [-0.2, -0.15) is 18.3 Å². The molecule has 1 aliphatic heterocycles. The van der Waals surface area contributed by atoms with Crippen molar-refractivity contribution in [2.75, 3.05) is 5.32 Å². The summed E-state index contributed by atoms with van der Waals surface area (Å²) in [6.45, 7) is 6.05. The summed E-state index contributed by atoms with van der Waals surface area (Å²) in [7, 11) is 0. The number of aromatic nitrogens is 2. The molecule has 1 amide bonds. The molecule has 3 aromatic rings. The van der Waals surface area contributed by atoms with Gasteiger partial charge in [0, 0.05) is 23.8 Å². The van der Waals surface area contributed by atoms with Crippen LogP contribution in [0.3, 0.4) is 0 Å². The number of hydrogen-bond acceptors (Lipinski definition) is 3. The van der Waals surface area contributed by atoms with Gasteiger partial charge in [-0.1, -0.05) is 17.7 Å².